The molecule has 1 heterocycles. The van der Waals surface area contributed by atoms with E-state index in [-0.39, 0.29) is 17.1 Å². The van der Waals surface area contributed by atoms with Gasteiger partial charge in [0.2, 0.25) is 0 Å². The predicted octanol–water partition coefficient (Wildman–Crippen LogP) is 4.15. The average Bonchev–Trinajstić information content (AvgIpc) is 2.75. The van der Waals surface area contributed by atoms with E-state index >= 15 is 0 Å². The van der Waals surface area contributed by atoms with E-state index in [1.54, 1.807) is 0 Å². The zero-order valence-corrected chi connectivity index (χ0v) is 19.4. The minimum absolute atomic E-state index is 0.0900. The summed E-state index contributed by atoms with van der Waals surface area (Å²) >= 11 is 5.86. The normalized spacial score (nSPS) is 17.1. The number of piperazine rings is 1. The lowest BCUT2D eigenvalue weighted by molar-refractivity contribution is 0.0715. The van der Waals surface area contributed by atoms with Gasteiger partial charge in [-0.2, -0.15) is 0 Å². The third-order valence-corrected chi connectivity index (χ3v) is 8.06. The first-order chi connectivity index (χ1) is 15.1. The maximum atomic E-state index is 14.6. The summed E-state index contributed by atoms with van der Waals surface area (Å²) in [6.45, 7) is 3.64. The van der Waals surface area contributed by atoms with Gasteiger partial charge in [0.25, 0.3) is 0 Å². The molecule has 1 amide bonds. The topological polar surface area (TPSA) is 66.9 Å². The molecule has 6 nitrogen and oxygen atoms in total. The molecule has 0 spiro atoms. The van der Waals surface area contributed by atoms with Crippen LogP contribution in [0.1, 0.15) is 17.7 Å². The van der Waals surface area contributed by atoms with Crippen molar-refractivity contribution in [3.05, 3.63) is 64.7 Å². The van der Waals surface area contributed by atoms with Crippen molar-refractivity contribution >= 4 is 27.5 Å². The number of nitrogens with zero attached hydrogens (tertiary/aromatic N) is 2. The molecule has 1 saturated heterocycles. The fourth-order valence-electron chi connectivity index (χ4n) is 3.65. The first kappa shape index (κ1) is 24.4. The SMILES string of the molecule is C[C@H](COC(=O)N1CCN(C)CC1)[C@@H](c1cc(F)ccc1F)S(=O)(=O)c1ccc(Cl)cc1. The van der Waals surface area contributed by atoms with Crippen LogP contribution in [0.15, 0.2) is 47.4 Å². The molecule has 32 heavy (non-hydrogen) atoms. The largest absolute Gasteiger partial charge is 0.449 e. The molecule has 1 aliphatic rings. The van der Waals surface area contributed by atoms with Crippen LogP contribution in [0.3, 0.4) is 0 Å². The molecule has 0 radical (unpaired) electrons. The van der Waals surface area contributed by atoms with Crippen LogP contribution >= 0.6 is 11.6 Å². The van der Waals surface area contributed by atoms with Crippen LogP contribution in [0.5, 0.6) is 0 Å². The Kier molecular flexibility index (Phi) is 7.74. The Hall–Kier alpha value is -2.23. The van der Waals surface area contributed by atoms with E-state index < -0.39 is 38.7 Å². The number of hydrogen-bond acceptors (Lipinski definition) is 5. The van der Waals surface area contributed by atoms with Gasteiger partial charge in [-0.25, -0.2) is 22.0 Å². The third-order valence-electron chi connectivity index (χ3n) is 5.49. The van der Waals surface area contributed by atoms with Crippen LogP contribution in [0, 0.1) is 17.6 Å². The van der Waals surface area contributed by atoms with E-state index in [1.165, 1.54) is 36.1 Å². The number of hydrogen-bond donors (Lipinski definition) is 0. The van der Waals surface area contributed by atoms with Crippen LogP contribution in [-0.4, -0.2) is 64.1 Å². The van der Waals surface area contributed by atoms with Crippen LogP contribution in [0.2, 0.25) is 5.02 Å². The highest BCUT2D eigenvalue weighted by molar-refractivity contribution is 7.91. The number of sulfone groups is 1. The summed E-state index contributed by atoms with van der Waals surface area (Å²) in [5, 5.41) is -1.13. The second-order valence-corrected chi connectivity index (χ2v) is 10.4. The van der Waals surface area contributed by atoms with Crippen molar-refractivity contribution < 1.29 is 26.7 Å². The molecule has 1 aliphatic heterocycles. The minimum Gasteiger partial charge on any atom is -0.449 e. The molecule has 10 heteroatoms. The van der Waals surface area contributed by atoms with Gasteiger partial charge in [0.15, 0.2) is 9.84 Å². The van der Waals surface area contributed by atoms with Gasteiger partial charge in [-0.05, 0) is 49.5 Å². The summed E-state index contributed by atoms with van der Waals surface area (Å²) < 4.78 is 60.8. The summed E-state index contributed by atoms with van der Waals surface area (Å²) in [6, 6.07) is 8.11. The summed E-state index contributed by atoms with van der Waals surface area (Å²) in [6.07, 6.45) is -0.563. The number of benzene rings is 2. The summed E-state index contributed by atoms with van der Waals surface area (Å²) in [5.74, 6) is -2.48. The van der Waals surface area contributed by atoms with Crippen LogP contribution in [-0.2, 0) is 14.6 Å². The van der Waals surface area contributed by atoms with Gasteiger partial charge < -0.3 is 14.5 Å². The van der Waals surface area contributed by atoms with Crippen LogP contribution in [0.4, 0.5) is 13.6 Å². The average molecular weight is 487 g/mol. The lowest BCUT2D eigenvalue weighted by Crippen LogP contribution is -2.47. The van der Waals surface area contributed by atoms with Crippen molar-refractivity contribution in [3.8, 4) is 0 Å². The second-order valence-electron chi connectivity index (χ2n) is 7.93. The maximum Gasteiger partial charge on any atom is 0.409 e. The van der Waals surface area contributed by atoms with E-state index in [0.717, 1.165) is 18.2 Å². The fourth-order valence-corrected chi connectivity index (χ4v) is 5.79. The Morgan fingerprint density at radius 3 is 2.34 bits per heavy atom. The van der Waals surface area contributed by atoms with Crippen molar-refractivity contribution in [1.29, 1.82) is 0 Å². The smallest absolute Gasteiger partial charge is 0.409 e. The summed E-state index contributed by atoms with van der Waals surface area (Å²) in [4.78, 5) is 16.0. The molecule has 0 aromatic heterocycles. The van der Waals surface area contributed by atoms with Gasteiger partial charge in [-0.1, -0.05) is 18.5 Å². The molecule has 1 fully saturated rings. The van der Waals surface area contributed by atoms with Crippen molar-refractivity contribution in [2.24, 2.45) is 5.92 Å². The Bertz CT molecular complexity index is 1060. The molecule has 0 N–H and O–H groups in total. The third kappa shape index (κ3) is 5.57. The number of halogens is 3. The molecular formula is C22H25ClF2N2O4S. The van der Waals surface area contributed by atoms with Gasteiger partial charge in [0, 0.05) is 42.7 Å². The zero-order valence-electron chi connectivity index (χ0n) is 17.8. The first-order valence-electron chi connectivity index (χ1n) is 10.1. The quantitative estimate of drug-likeness (QED) is 0.613. The Morgan fingerprint density at radius 2 is 1.72 bits per heavy atom. The molecule has 0 bridgehead atoms. The predicted molar refractivity (Wildman–Crippen MR) is 117 cm³/mol. The highest BCUT2D eigenvalue weighted by atomic mass is 35.5. The summed E-state index contributed by atoms with van der Waals surface area (Å²) in [7, 11) is -2.22. The van der Waals surface area contributed by atoms with Crippen molar-refractivity contribution in [2.45, 2.75) is 17.1 Å². The van der Waals surface area contributed by atoms with Gasteiger partial charge in [0.05, 0.1) is 16.8 Å². The van der Waals surface area contributed by atoms with Crippen LogP contribution < -0.4 is 0 Å². The van der Waals surface area contributed by atoms with Gasteiger partial charge in [-0.15, -0.1) is 0 Å². The number of ether oxygens (including phenoxy) is 1. The lowest BCUT2D eigenvalue weighted by Gasteiger charge is -2.32. The maximum absolute atomic E-state index is 14.6. The van der Waals surface area contributed by atoms with E-state index in [2.05, 4.69) is 4.90 Å². The van der Waals surface area contributed by atoms with E-state index in [0.29, 0.717) is 31.2 Å². The van der Waals surface area contributed by atoms with Gasteiger partial charge in [0.1, 0.15) is 11.6 Å². The first-order valence-corrected chi connectivity index (χ1v) is 12.1. The number of likely N-dealkylation sites (N-methyl/N-ethyl adjacent to an activating group) is 1. The Balaban J connectivity index is 1.87. The lowest BCUT2D eigenvalue weighted by atomic mass is 10.0. The number of carbonyl (C=O) groups is 1. The summed E-state index contributed by atoms with van der Waals surface area (Å²) in [5.41, 5.74) is -0.317. The van der Waals surface area contributed by atoms with Crippen LogP contribution in [0.25, 0.3) is 0 Å². The van der Waals surface area contributed by atoms with E-state index in [9.17, 15) is 22.0 Å². The second kappa shape index (κ2) is 10.1. The molecule has 174 valence electrons. The van der Waals surface area contributed by atoms with Crippen molar-refractivity contribution in [3.63, 3.8) is 0 Å². The number of amides is 1. The molecule has 2 aromatic carbocycles. The van der Waals surface area contributed by atoms with E-state index in [1.807, 2.05) is 7.05 Å². The standard InChI is InChI=1S/C22H25ClF2N2O4S/c1-15(14-31-22(28)27-11-9-26(2)10-12-27)21(19-13-17(24)5-8-20(19)25)32(29,30)18-6-3-16(23)4-7-18/h3-8,13,15,21H,9-12,14H2,1-2H3/t15-,21+/m1/s1. The molecule has 2 atom stereocenters. The van der Waals surface area contributed by atoms with Gasteiger partial charge >= 0.3 is 6.09 Å². The number of carbonyl (C=O) groups excluding carboxylic acids is 1. The molecule has 3 rings (SSSR count). The number of rotatable bonds is 6. The molecule has 0 saturated carbocycles. The highest BCUT2D eigenvalue weighted by Gasteiger charge is 2.37. The van der Waals surface area contributed by atoms with Gasteiger partial charge in [-0.3, -0.25) is 0 Å². The van der Waals surface area contributed by atoms with Crippen molar-refractivity contribution in [1.82, 2.24) is 9.80 Å². The zero-order chi connectivity index (χ0) is 23.5. The Labute approximate surface area is 191 Å². The monoisotopic (exact) mass is 486 g/mol. The minimum atomic E-state index is -4.17. The van der Waals surface area contributed by atoms with Crippen molar-refractivity contribution in [2.75, 3.05) is 39.8 Å². The van der Waals surface area contributed by atoms with E-state index in [4.69, 9.17) is 16.3 Å². The molecule has 0 unspecified atom stereocenters. The molecule has 0 aliphatic carbocycles. The highest BCUT2D eigenvalue weighted by Crippen LogP contribution is 2.37. The fraction of sp³-hybridized carbons (Fsp3) is 0.409. The molecular weight excluding hydrogens is 462 g/mol. The molecule has 2 aromatic rings. The Morgan fingerprint density at radius 1 is 1.09 bits per heavy atom.